The Kier molecular flexibility index (Phi) is 2.21. The summed E-state index contributed by atoms with van der Waals surface area (Å²) in [6, 6.07) is 4.00. The second-order valence-corrected chi connectivity index (χ2v) is 3.15. The Labute approximate surface area is 81.5 Å². The molecule has 1 aliphatic heterocycles. The lowest BCUT2D eigenvalue weighted by Crippen LogP contribution is -2.40. The number of hydrogen-bond acceptors (Lipinski definition) is 5. The van der Waals surface area contributed by atoms with Gasteiger partial charge in [0.2, 0.25) is 0 Å². The van der Waals surface area contributed by atoms with Crippen LogP contribution in [-0.2, 0) is 4.74 Å². The zero-order valence-corrected chi connectivity index (χ0v) is 7.53. The average molecular weight is 190 g/mol. The first-order valence-corrected chi connectivity index (χ1v) is 4.29. The molecule has 0 unspecified atom stereocenters. The molecule has 1 aromatic heterocycles. The van der Waals surface area contributed by atoms with Crippen LogP contribution in [0.5, 0.6) is 0 Å². The molecule has 0 amide bonds. The number of ether oxygens (including phenoxy) is 1. The minimum Gasteiger partial charge on any atom is -0.384 e. The molecular weight excluding hydrogens is 180 g/mol. The van der Waals surface area contributed by atoms with Gasteiger partial charge in [0.05, 0.1) is 30.5 Å². The van der Waals surface area contributed by atoms with Crippen LogP contribution >= 0.6 is 0 Å². The molecule has 5 heteroatoms. The third-order valence-electron chi connectivity index (χ3n) is 2.04. The van der Waals surface area contributed by atoms with Crippen molar-refractivity contribution in [2.24, 2.45) is 0 Å². The lowest BCUT2D eigenvalue weighted by molar-refractivity contribution is 0.0211. The predicted molar refractivity (Wildman–Crippen MR) is 51.6 cm³/mol. The fraction of sp³-hybridized carbons (Fsp3) is 0.333. The fourth-order valence-corrected chi connectivity index (χ4v) is 1.22. The van der Waals surface area contributed by atoms with Crippen LogP contribution in [0.1, 0.15) is 5.56 Å². The van der Waals surface area contributed by atoms with Crippen molar-refractivity contribution in [3.8, 4) is 6.07 Å². The van der Waals surface area contributed by atoms with Gasteiger partial charge in [0.25, 0.3) is 0 Å². The number of hydrogen-bond donors (Lipinski definition) is 2. The van der Waals surface area contributed by atoms with E-state index >= 15 is 0 Å². The lowest BCUT2D eigenvalue weighted by atomic mass is 10.2. The maximum Gasteiger partial charge on any atom is 0.125 e. The molecule has 0 aromatic carbocycles. The van der Waals surface area contributed by atoms with Crippen molar-refractivity contribution in [1.82, 2.24) is 4.98 Å². The number of rotatable bonds is 2. The third kappa shape index (κ3) is 1.60. The lowest BCUT2D eigenvalue weighted by Gasteiger charge is -2.28. The van der Waals surface area contributed by atoms with Gasteiger partial charge in [0, 0.05) is 12.3 Å². The summed E-state index contributed by atoms with van der Waals surface area (Å²) in [6.45, 7) is 1.35. The van der Waals surface area contributed by atoms with Crippen molar-refractivity contribution in [3.05, 3.63) is 17.8 Å². The second kappa shape index (κ2) is 3.52. The van der Waals surface area contributed by atoms with E-state index in [1.165, 1.54) is 6.20 Å². The summed E-state index contributed by atoms with van der Waals surface area (Å²) >= 11 is 0. The van der Waals surface area contributed by atoms with E-state index in [-0.39, 0.29) is 6.04 Å². The SMILES string of the molecule is N#Cc1cnc(N)cc1NC1COC1. The van der Waals surface area contributed by atoms with E-state index in [0.717, 1.165) is 5.69 Å². The smallest absolute Gasteiger partial charge is 0.125 e. The van der Waals surface area contributed by atoms with Gasteiger partial charge in [-0.3, -0.25) is 0 Å². The molecule has 0 spiro atoms. The van der Waals surface area contributed by atoms with E-state index in [4.69, 9.17) is 15.7 Å². The number of anilines is 2. The molecule has 0 radical (unpaired) electrons. The van der Waals surface area contributed by atoms with Crippen LogP contribution in [0.3, 0.4) is 0 Å². The largest absolute Gasteiger partial charge is 0.384 e. The monoisotopic (exact) mass is 190 g/mol. The molecule has 0 saturated carbocycles. The minimum absolute atomic E-state index is 0.281. The van der Waals surface area contributed by atoms with Gasteiger partial charge in [-0.15, -0.1) is 0 Å². The van der Waals surface area contributed by atoms with Crippen molar-refractivity contribution in [3.63, 3.8) is 0 Å². The molecule has 72 valence electrons. The van der Waals surface area contributed by atoms with Gasteiger partial charge in [-0.25, -0.2) is 4.98 Å². The molecule has 2 rings (SSSR count). The summed E-state index contributed by atoms with van der Waals surface area (Å²) in [5, 5.41) is 12.0. The molecule has 0 aliphatic carbocycles. The molecular formula is C9H10N4O. The predicted octanol–water partition coefficient (Wildman–Crippen LogP) is 0.346. The number of pyridine rings is 1. The first-order chi connectivity index (χ1) is 6.79. The summed E-state index contributed by atoms with van der Waals surface area (Å²) in [7, 11) is 0. The van der Waals surface area contributed by atoms with E-state index < -0.39 is 0 Å². The first kappa shape index (κ1) is 8.78. The van der Waals surface area contributed by atoms with Crippen molar-refractivity contribution in [2.45, 2.75) is 6.04 Å². The number of nitrogen functional groups attached to an aromatic ring is 1. The van der Waals surface area contributed by atoms with Crippen molar-refractivity contribution < 1.29 is 4.74 Å². The molecule has 1 aromatic rings. The standard InChI is InChI=1S/C9H10N4O/c10-2-6-3-12-9(11)1-8(6)13-7-4-14-5-7/h1,3,7H,4-5H2,(H3,11,12,13). The Morgan fingerprint density at radius 2 is 2.43 bits per heavy atom. The number of nitriles is 1. The average Bonchev–Trinajstić information content (AvgIpc) is 2.12. The first-order valence-electron chi connectivity index (χ1n) is 4.29. The van der Waals surface area contributed by atoms with Crippen LogP contribution in [0, 0.1) is 11.3 Å². The fourth-order valence-electron chi connectivity index (χ4n) is 1.22. The van der Waals surface area contributed by atoms with E-state index in [9.17, 15) is 0 Å². The molecule has 1 aliphatic rings. The van der Waals surface area contributed by atoms with E-state index in [2.05, 4.69) is 16.4 Å². The highest BCUT2D eigenvalue weighted by atomic mass is 16.5. The topological polar surface area (TPSA) is 84.0 Å². The summed E-state index contributed by atoms with van der Waals surface area (Å²) in [5.41, 5.74) is 6.76. The molecule has 2 heterocycles. The molecule has 14 heavy (non-hydrogen) atoms. The van der Waals surface area contributed by atoms with Gasteiger partial charge < -0.3 is 15.8 Å². The van der Waals surface area contributed by atoms with Crippen LogP contribution in [0.25, 0.3) is 0 Å². The van der Waals surface area contributed by atoms with Crippen LogP contribution in [0.15, 0.2) is 12.3 Å². The van der Waals surface area contributed by atoms with E-state index in [0.29, 0.717) is 24.6 Å². The molecule has 1 saturated heterocycles. The summed E-state index contributed by atoms with van der Waals surface area (Å²) in [5.74, 6) is 0.409. The van der Waals surface area contributed by atoms with Crippen molar-refractivity contribution >= 4 is 11.5 Å². The van der Waals surface area contributed by atoms with Gasteiger partial charge in [-0.05, 0) is 0 Å². The van der Waals surface area contributed by atoms with E-state index in [1.54, 1.807) is 6.07 Å². The van der Waals surface area contributed by atoms with Crippen LogP contribution in [0.4, 0.5) is 11.5 Å². The normalized spacial score (nSPS) is 15.6. The maximum atomic E-state index is 8.81. The van der Waals surface area contributed by atoms with Gasteiger partial charge >= 0.3 is 0 Å². The Bertz CT molecular complexity index is 381. The third-order valence-corrected chi connectivity index (χ3v) is 2.04. The number of aromatic nitrogens is 1. The van der Waals surface area contributed by atoms with Crippen LogP contribution in [-0.4, -0.2) is 24.2 Å². The van der Waals surface area contributed by atoms with E-state index in [1.807, 2.05) is 0 Å². The zero-order chi connectivity index (χ0) is 9.97. The summed E-state index contributed by atoms with van der Waals surface area (Å²) in [4.78, 5) is 3.85. The van der Waals surface area contributed by atoms with Crippen LogP contribution < -0.4 is 11.1 Å². The minimum atomic E-state index is 0.281. The number of nitrogens with zero attached hydrogens (tertiary/aromatic N) is 2. The highest BCUT2D eigenvalue weighted by Crippen LogP contribution is 2.18. The molecule has 0 atom stereocenters. The quantitative estimate of drug-likeness (QED) is 0.702. The van der Waals surface area contributed by atoms with Crippen LogP contribution in [0.2, 0.25) is 0 Å². The van der Waals surface area contributed by atoms with Crippen molar-refractivity contribution in [2.75, 3.05) is 24.3 Å². The van der Waals surface area contributed by atoms with Gasteiger partial charge in [-0.2, -0.15) is 5.26 Å². The maximum absolute atomic E-state index is 8.81. The summed E-state index contributed by atoms with van der Waals surface area (Å²) in [6.07, 6.45) is 1.47. The Hall–Kier alpha value is -1.80. The highest BCUT2D eigenvalue weighted by molar-refractivity contribution is 5.61. The summed E-state index contributed by atoms with van der Waals surface area (Å²) < 4.78 is 5.02. The number of nitrogens with one attached hydrogen (secondary N) is 1. The molecule has 1 fully saturated rings. The molecule has 3 N–H and O–H groups in total. The van der Waals surface area contributed by atoms with Gasteiger partial charge in [-0.1, -0.05) is 0 Å². The number of nitrogens with two attached hydrogens (primary N) is 1. The van der Waals surface area contributed by atoms with Gasteiger partial charge in [0.15, 0.2) is 0 Å². The van der Waals surface area contributed by atoms with Gasteiger partial charge in [0.1, 0.15) is 11.9 Å². The second-order valence-electron chi connectivity index (χ2n) is 3.15. The Morgan fingerprint density at radius 1 is 1.64 bits per heavy atom. The zero-order valence-electron chi connectivity index (χ0n) is 7.53. The molecule has 5 nitrogen and oxygen atoms in total. The Balaban J connectivity index is 2.21. The Morgan fingerprint density at radius 3 is 3.00 bits per heavy atom. The highest BCUT2D eigenvalue weighted by Gasteiger charge is 2.19. The molecule has 0 bridgehead atoms. The van der Waals surface area contributed by atoms with Crippen molar-refractivity contribution in [1.29, 1.82) is 5.26 Å².